The maximum absolute atomic E-state index is 8.86. The highest BCUT2D eigenvalue weighted by atomic mass is 127. The highest BCUT2D eigenvalue weighted by molar-refractivity contribution is 14.0. The zero-order valence-electron chi connectivity index (χ0n) is 14.6. The Kier molecular flexibility index (Phi) is 7.93. The third kappa shape index (κ3) is 5.30. The highest BCUT2D eigenvalue weighted by Crippen LogP contribution is 2.17. The molecule has 136 valence electrons. The first-order chi connectivity index (χ1) is 11.8. The minimum atomic E-state index is 0. The van der Waals surface area contributed by atoms with Gasteiger partial charge >= 0.3 is 0 Å². The lowest BCUT2D eigenvalue weighted by Gasteiger charge is -2.32. The quantitative estimate of drug-likeness (QED) is 0.427. The van der Waals surface area contributed by atoms with Crippen LogP contribution in [0.15, 0.2) is 29.3 Å². The molecule has 1 atom stereocenters. The van der Waals surface area contributed by atoms with Gasteiger partial charge in [0.15, 0.2) is 5.96 Å². The predicted molar refractivity (Wildman–Crippen MR) is 109 cm³/mol. The molecule has 2 aliphatic rings. The van der Waals surface area contributed by atoms with E-state index in [4.69, 9.17) is 10.00 Å². The molecule has 3 rings (SSSR count). The van der Waals surface area contributed by atoms with Crippen molar-refractivity contribution >= 4 is 29.9 Å². The van der Waals surface area contributed by atoms with Crippen LogP contribution in [-0.4, -0.2) is 68.2 Å². The second kappa shape index (κ2) is 9.94. The molecule has 0 bridgehead atoms. The average Bonchev–Trinajstić information content (AvgIpc) is 3.13. The second-order valence-electron chi connectivity index (χ2n) is 6.25. The van der Waals surface area contributed by atoms with Crippen LogP contribution in [-0.2, 0) is 11.3 Å². The summed E-state index contributed by atoms with van der Waals surface area (Å²) in [5.74, 6) is 0.954. The summed E-state index contributed by atoms with van der Waals surface area (Å²) in [6.07, 6.45) is 1.18. The van der Waals surface area contributed by atoms with Gasteiger partial charge in [0.1, 0.15) is 0 Å². The molecule has 0 spiro atoms. The van der Waals surface area contributed by atoms with Crippen LogP contribution in [0.5, 0.6) is 0 Å². The van der Waals surface area contributed by atoms with Gasteiger partial charge in [-0.3, -0.25) is 9.89 Å². The summed E-state index contributed by atoms with van der Waals surface area (Å²) in [7, 11) is 1.84. The van der Waals surface area contributed by atoms with Crippen molar-refractivity contribution in [3.63, 3.8) is 0 Å². The first-order valence-corrected chi connectivity index (χ1v) is 8.56. The van der Waals surface area contributed by atoms with Crippen LogP contribution in [0, 0.1) is 11.3 Å². The minimum absolute atomic E-state index is 0. The molecule has 1 aromatic carbocycles. The number of morpholine rings is 1. The maximum atomic E-state index is 8.86. The average molecular weight is 455 g/mol. The Hall–Kier alpha value is -1.37. The molecule has 0 aliphatic carbocycles. The van der Waals surface area contributed by atoms with Gasteiger partial charge in [0.05, 0.1) is 24.8 Å². The molecule has 2 fully saturated rings. The monoisotopic (exact) mass is 455 g/mol. The van der Waals surface area contributed by atoms with Crippen LogP contribution in [0.25, 0.3) is 0 Å². The number of rotatable bonds is 3. The van der Waals surface area contributed by atoms with E-state index in [0.29, 0.717) is 11.6 Å². The molecule has 6 nitrogen and oxygen atoms in total. The molecule has 1 N–H and O–H groups in total. The third-order valence-electron chi connectivity index (χ3n) is 4.77. The molecule has 1 aromatic rings. The van der Waals surface area contributed by atoms with E-state index in [1.54, 1.807) is 0 Å². The van der Waals surface area contributed by atoms with E-state index in [1.807, 2.05) is 31.3 Å². The van der Waals surface area contributed by atoms with Crippen LogP contribution in [0.1, 0.15) is 17.5 Å². The van der Waals surface area contributed by atoms with Gasteiger partial charge in [-0.15, -0.1) is 24.0 Å². The number of guanidine groups is 1. The number of nitriles is 1. The number of nitrogens with one attached hydrogen (secondary N) is 1. The van der Waals surface area contributed by atoms with Gasteiger partial charge in [0.25, 0.3) is 0 Å². The summed E-state index contributed by atoms with van der Waals surface area (Å²) in [5.41, 5.74) is 1.84. The van der Waals surface area contributed by atoms with Crippen LogP contribution < -0.4 is 5.32 Å². The van der Waals surface area contributed by atoms with Gasteiger partial charge in [-0.2, -0.15) is 5.26 Å². The van der Waals surface area contributed by atoms with Crippen LogP contribution in [0.2, 0.25) is 0 Å². The summed E-state index contributed by atoms with van der Waals surface area (Å²) in [4.78, 5) is 9.31. The van der Waals surface area contributed by atoms with Crippen LogP contribution in [0.3, 0.4) is 0 Å². The fourth-order valence-corrected chi connectivity index (χ4v) is 3.39. The first kappa shape index (κ1) is 19.9. The summed E-state index contributed by atoms with van der Waals surface area (Å²) < 4.78 is 5.45. The Morgan fingerprint density at radius 2 is 2.00 bits per heavy atom. The van der Waals surface area contributed by atoms with Crippen molar-refractivity contribution in [3.05, 3.63) is 35.4 Å². The van der Waals surface area contributed by atoms with Crippen molar-refractivity contribution in [1.82, 2.24) is 15.1 Å². The number of likely N-dealkylation sites (tertiary alicyclic amines) is 1. The molecular formula is C18H26IN5O. The summed E-state index contributed by atoms with van der Waals surface area (Å²) in [6.45, 7) is 6.55. The lowest BCUT2D eigenvalue weighted by Crippen LogP contribution is -2.46. The zero-order chi connectivity index (χ0) is 16.8. The molecule has 1 unspecified atom stereocenters. The van der Waals surface area contributed by atoms with E-state index in [9.17, 15) is 0 Å². The molecular weight excluding hydrogens is 429 g/mol. The standard InChI is InChI=1S/C18H25N5O.HI/c1-20-18(21-13-16-4-2-15(12-19)3-5-16)23-7-6-17(14-23)22-8-10-24-11-9-22;/h2-5,17H,6-11,13-14H2,1H3,(H,20,21);1H. The third-order valence-corrected chi connectivity index (χ3v) is 4.77. The number of hydrogen-bond acceptors (Lipinski definition) is 4. The van der Waals surface area contributed by atoms with Gasteiger partial charge in [0.2, 0.25) is 0 Å². The molecule has 2 heterocycles. The van der Waals surface area contributed by atoms with Crippen molar-refractivity contribution in [2.24, 2.45) is 4.99 Å². The fraction of sp³-hybridized carbons (Fsp3) is 0.556. The topological polar surface area (TPSA) is 63.9 Å². The predicted octanol–water partition coefficient (Wildman–Crippen LogP) is 1.66. The molecule has 25 heavy (non-hydrogen) atoms. The number of benzene rings is 1. The van der Waals surface area contributed by atoms with E-state index in [0.717, 1.165) is 57.5 Å². The van der Waals surface area contributed by atoms with Crippen molar-refractivity contribution in [1.29, 1.82) is 5.26 Å². The molecule has 0 aromatic heterocycles. The Balaban J connectivity index is 0.00000225. The summed E-state index contributed by atoms with van der Waals surface area (Å²) in [5, 5.41) is 12.3. The zero-order valence-corrected chi connectivity index (χ0v) is 17.0. The molecule has 2 aliphatic heterocycles. The molecule has 0 radical (unpaired) electrons. The smallest absolute Gasteiger partial charge is 0.193 e. The number of nitrogens with zero attached hydrogens (tertiary/aromatic N) is 4. The Bertz CT molecular complexity index is 607. The van der Waals surface area contributed by atoms with Gasteiger partial charge in [-0.25, -0.2) is 0 Å². The summed E-state index contributed by atoms with van der Waals surface area (Å²) in [6, 6.07) is 10.4. The number of halogens is 1. The van der Waals surface area contributed by atoms with E-state index >= 15 is 0 Å². The van der Waals surface area contributed by atoms with Gasteiger partial charge in [-0.1, -0.05) is 12.1 Å². The summed E-state index contributed by atoms with van der Waals surface area (Å²) >= 11 is 0. The molecule has 0 saturated carbocycles. The number of ether oxygens (including phenoxy) is 1. The van der Waals surface area contributed by atoms with E-state index in [2.05, 4.69) is 26.2 Å². The molecule has 0 amide bonds. The minimum Gasteiger partial charge on any atom is -0.379 e. The van der Waals surface area contributed by atoms with Crippen molar-refractivity contribution in [2.75, 3.05) is 46.4 Å². The normalized spacial score (nSPS) is 21.5. The Morgan fingerprint density at radius 3 is 2.64 bits per heavy atom. The Labute approximate surface area is 166 Å². The van der Waals surface area contributed by atoms with Crippen molar-refractivity contribution in [3.8, 4) is 6.07 Å². The SMILES string of the molecule is CN=C(NCc1ccc(C#N)cc1)N1CCC(N2CCOCC2)C1.I. The van der Waals surface area contributed by atoms with Crippen LogP contribution >= 0.6 is 24.0 Å². The first-order valence-electron chi connectivity index (χ1n) is 8.56. The van der Waals surface area contributed by atoms with Crippen molar-refractivity contribution < 1.29 is 4.74 Å². The number of hydrogen-bond donors (Lipinski definition) is 1. The molecule has 2 saturated heterocycles. The molecule has 7 heteroatoms. The second-order valence-corrected chi connectivity index (χ2v) is 6.25. The highest BCUT2D eigenvalue weighted by Gasteiger charge is 2.30. The Morgan fingerprint density at radius 1 is 1.28 bits per heavy atom. The maximum Gasteiger partial charge on any atom is 0.193 e. The fourth-order valence-electron chi connectivity index (χ4n) is 3.39. The largest absolute Gasteiger partial charge is 0.379 e. The van der Waals surface area contributed by atoms with Crippen LogP contribution in [0.4, 0.5) is 0 Å². The van der Waals surface area contributed by atoms with Gasteiger partial charge < -0.3 is 15.0 Å². The van der Waals surface area contributed by atoms with E-state index in [1.165, 1.54) is 6.42 Å². The van der Waals surface area contributed by atoms with E-state index < -0.39 is 0 Å². The lowest BCUT2D eigenvalue weighted by molar-refractivity contribution is 0.0195. The lowest BCUT2D eigenvalue weighted by atomic mass is 10.1. The van der Waals surface area contributed by atoms with Crippen molar-refractivity contribution in [2.45, 2.75) is 19.0 Å². The number of aliphatic imine (C=N–C) groups is 1. The van der Waals surface area contributed by atoms with Gasteiger partial charge in [0, 0.05) is 45.8 Å². The van der Waals surface area contributed by atoms with Gasteiger partial charge in [-0.05, 0) is 24.1 Å². The van der Waals surface area contributed by atoms with E-state index in [-0.39, 0.29) is 24.0 Å².